The lowest BCUT2D eigenvalue weighted by Gasteiger charge is -2.24. The predicted octanol–water partition coefficient (Wildman–Crippen LogP) is 4.07. The quantitative estimate of drug-likeness (QED) is 0.408. The highest BCUT2D eigenvalue weighted by Crippen LogP contribution is 2.43. The maximum Gasteiger partial charge on any atom is 0.310 e. The van der Waals surface area contributed by atoms with E-state index in [1.165, 1.54) is 0 Å². The Morgan fingerprint density at radius 2 is 2.05 bits per heavy atom. The minimum Gasteiger partial charge on any atom is -0.498 e. The van der Waals surface area contributed by atoms with Gasteiger partial charge in [-0.15, -0.1) is 0 Å². The first-order valence-corrected chi connectivity index (χ1v) is 6.92. The van der Waals surface area contributed by atoms with Crippen LogP contribution in [-0.4, -0.2) is 17.7 Å². The zero-order chi connectivity index (χ0) is 14.1. The molecule has 0 heterocycles. The first-order chi connectivity index (χ1) is 9.10. The van der Waals surface area contributed by atoms with Crippen molar-refractivity contribution in [3.05, 3.63) is 36.6 Å². The summed E-state index contributed by atoms with van der Waals surface area (Å²) in [4.78, 5) is 11.4. The predicted molar refractivity (Wildman–Crippen MR) is 76.8 cm³/mol. The Bertz CT molecular complexity index is 360. The van der Waals surface area contributed by atoms with Gasteiger partial charge in [-0.25, -0.2) is 0 Å². The zero-order valence-corrected chi connectivity index (χ0v) is 11.7. The fourth-order valence-electron chi connectivity index (χ4n) is 2.50. The van der Waals surface area contributed by atoms with Crippen LogP contribution in [0.5, 0.6) is 0 Å². The van der Waals surface area contributed by atoms with Gasteiger partial charge >= 0.3 is 5.97 Å². The van der Waals surface area contributed by atoms with Gasteiger partial charge in [0, 0.05) is 6.42 Å². The molecule has 3 nitrogen and oxygen atoms in total. The molecule has 1 aliphatic rings. The Labute approximate surface area is 115 Å². The lowest BCUT2D eigenvalue weighted by Crippen LogP contribution is -2.28. The molecule has 0 bridgehead atoms. The highest BCUT2D eigenvalue weighted by atomic mass is 16.5. The van der Waals surface area contributed by atoms with Crippen LogP contribution in [0.2, 0.25) is 0 Å². The molecular formula is C16H24O3. The molecule has 1 aliphatic carbocycles. The van der Waals surface area contributed by atoms with Crippen molar-refractivity contribution in [1.82, 2.24) is 0 Å². The van der Waals surface area contributed by atoms with E-state index in [0.29, 0.717) is 18.8 Å². The van der Waals surface area contributed by atoms with E-state index in [1.807, 2.05) is 31.2 Å². The second kappa shape index (κ2) is 7.82. The van der Waals surface area contributed by atoms with Gasteiger partial charge in [0.1, 0.15) is 0 Å². The van der Waals surface area contributed by atoms with Gasteiger partial charge in [0.15, 0.2) is 0 Å². The number of hydrogen-bond acceptors (Lipinski definition) is 2. The molecule has 1 rings (SSSR count). The van der Waals surface area contributed by atoms with Crippen molar-refractivity contribution < 1.29 is 14.6 Å². The summed E-state index contributed by atoms with van der Waals surface area (Å²) in [7, 11) is 0. The molecule has 1 fully saturated rings. The van der Waals surface area contributed by atoms with E-state index >= 15 is 0 Å². The molecule has 106 valence electrons. The summed E-state index contributed by atoms with van der Waals surface area (Å²) in [5, 5.41) is 9.37. The number of ether oxygens (including phenoxy) is 1. The monoisotopic (exact) mass is 264 g/mol. The molecule has 1 saturated carbocycles. The van der Waals surface area contributed by atoms with Crippen molar-refractivity contribution in [3.63, 3.8) is 0 Å². The maximum atomic E-state index is 11.4. The molecule has 0 atom stereocenters. The maximum absolute atomic E-state index is 11.4. The summed E-state index contributed by atoms with van der Waals surface area (Å²) < 4.78 is 5.53. The summed E-state index contributed by atoms with van der Waals surface area (Å²) in [5.74, 6) is -0.105. The third kappa shape index (κ3) is 4.93. The Balaban J connectivity index is 2.32. The number of allylic oxidation sites excluding steroid dienone is 4. The van der Waals surface area contributed by atoms with Crippen LogP contribution in [0, 0.1) is 5.41 Å². The van der Waals surface area contributed by atoms with Gasteiger partial charge in [-0.2, -0.15) is 0 Å². The highest BCUT2D eigenvalue weighted by molar-refractivity contribution is 5.75. The largest absolute Gasteiger partial charge is 0.498 e. The van der Waals surface area contributed by atoms with Crippen LogP contribution in [0.15, 0.2) is 36.6 Å². The van der Waals surface area contributed by atoms with Crippen LogP contribution >= 0.6 is 0 Å². The molecule has 1 N–H and O–H groups in total. The second-order valence-corrected chi connectivity index (χ2v) is 5.10. The van der Waals surface area contributed by atoms with Crippen LogP contribution in [0.1, 0.15) is 45.4 Å². The number of carboxylic acids is 1. The topological polar surface area (TPSA) is 46.5 Å². The first kappa shape index (κ1) is 15.5. The molecule has 3 heteroatoms. The van der Waals surface area contributed by atoms with Crippen molar-refractivity contribution >= 4 is 5.97 Å². The van der Waals surface area contributed by atoms with E-state index in [2.05, 4.69) is 6.58 Å². The average Bonchev–Trinajstić information content (AvgIpc) is 2.83. The lowest BCUT2D eigenvalue weighted by atomic mass is 9.82. The fraction of sp³-hybridized carbons (Fsp3) is 0.562. The van der Waals surface area contributed by atoms with Gasteiger partial charge in [0.25, 0.3) is 0 Å². The third-order valence-corrected chi connectivity index (χ3v) is 3.58. The number of rotatable bonds is 8. The molecule has 0 aromatic rings. The summed E-state index contributed by atoms with van der Waals surface area (Å²) in [6.07, 6.45) is 12.6. The molecule has 19 heavy (non-hydrogen) atoms. The highest BCUT2D eigenvalue weighted by Gasteiger charge is 2.41. The number of aliphatic carboxylic acids is 1. The molecule has 0 saturated heterocycles. The minimum absolute atomic E-state index is 0.445. The summed E-state index contributed by atoms with van der Waals surface area (Å²) in [5.41, 5.74) is -0.627. The lowest BCUT2D eigenvalue weighted by molar-refractivity contribution is -0.149. The van der Waals surface area contributed by atoms with E-state index in [1.54, 1.807) is 0 Å². The van der Waals surface area contributed by atoms with E-state index in [-0.39, 0.29) is 0 Å². The number of carboxylic acid groups (broad SMARTS) is 1. The van der Waals surface area contributed by atoms with Crippen LogP contribution in [-0.2, 0) is 9.53 Å². The van der Waals surface area contributed by atoms with E-state index in [0.717, 1.165) is 32.1 Å². The van der Waals surface area contributed by atoms with Gasteiger partial charge in [0.2, 0.25) is 0 Å². The number of carbonyl (C=O) groups is 1. The van der Waals surface area contributed by atoms with Crippen LogP contribution in [0.4, 0.5) is 0 Å². The number of hydrogen-bond donors (Lipinski definition) is 1. The van der Waals surface area contributed by atoms with Crippen molar-refractivity contribution in [3.8, 4) is 0 Å². The molecule has 0 amide bonds. The van der Waals surface area contributed by atoms with Crippen LogP contribution in [0.3, 0.4) is 0 Å². The van der Waals surface area contributed by atoms with Crippen molar-refractivity contribution in [2.24, 2.45) is 5.41 Å². The van der Waals surface area contributed by atoms with Gasteiger partial charge in [0.05, 0.1) is 17.8 Å². The normalized spacial score (nSPS) is 18.2. The molecule has 0 aromatic heterocycles. The molecule has 0 aliphatic heterocycles. The van der Waals surface area contributed by atoms with Crippen molar-refractivity contribution in [2.75, 3.05) is 6.61 Å². The Hall–Kier alpha value is -1.51. The van der Waals surface area contributed by atoms with E-state index in [9.17, 15) is 9.90 Å². The van der Waals surface area contributed by atoms with Gasteiger partial charge < -0.3 is 9.84 Å². The summed E-state index contributed by atoms with van der Waals surface area (Å²) >= 11 is 0. The Kier molecular flexibility index (Phi) is 6.40. The van der Waals surface area contributed by atoms with Crippen LogP contribution < -0.4 is 0 Å². The summed E-state index contributed by atoms with van der Waals surface area (Å²) in [6.45, 7) is 6.38. The van der Waals surface area contributed by atoms with Gasteiger partial charge in [-0.05, 0) is 26.2 Å². The zero-order valence-electron chi connectivity index (χ0n) is 11.7. The second-order valence-electron chi connectivity index (χ2n) is 5.10. The fourth-order valence-corrected chi connectivity index (χ4v) is 2.50. The minimum atomic E-state index is -0.706. The molecular weight excluding hydrogens is 240 g/mol. The SMILES string of the molecule is C=C(CC1(C(=O)O)CCCC1)OCC/C=C\C=C/C. The molecule has 0 aromatic carbocycles. The first-order valence-electron chi connectivity index (χ1n) is 6.92. The van der Waals surface area contributed by atoms with E-state index in [4.69, 9.17) is 4.74 Å². The molecule has 0 unspecified atom stereocenters. The third-order valence-electron chi connectivity index (χ3n) is 3.58. The van der Waals surface area contributed by atoms with Crippen LogP contribution in [0.25, 0.3) is 0 Å². The summed E-state index contributed by atoms with van der Waals surface area (Å²) in [6, 6.07) is 0. The van der Waals surface area contributed by atoms with E-state index < -0.39 is 11.4 Å². The molecule has 0 radical (unpaired) electrons. The average molecular weight is 264 g/mol. The van der Waals surface area contributed by atoms with Crippen molar-refractivity contribution in [2.45, 2.75) is 45.4 Å². The van der Waals surface area contributed by atoms with Gasteiger partial charge in [-0.3, -0.25) is 4.79 Å². The van der Waals surface area contributed by atoms with Crippen molar-refractivity contribution in [1.29, 1.82) is 0 Å². The molecule has 0 spiro atoms. The standard InChI is InChI=1S/C16H24O3/c1-3-4-5-6-9-12-19-14(2)13-16(15(17)18)10-7-8-11-16/h3-6H,2,7-13H2,1H3,(H,17,18)/b4-3-,6-5-. The smallest absolute Gasteiger partial charge is 0.310 e. The Morgan fingerprint density at radius 1 is 1.37 bits per heavy atom. The Morgan fingerprint density at radius 3 is 2.63 bits per heavy atom. The van der Waals surface area contributed by atoms with Gasteiger partial charge in [-0.1, -0.05) is 43.7 Å².